The molecule has 0 fully saturated rings. The van der Waals surface area contributed by atoms with Gasteiger partial charge in [-0.1, -0.05) is 0 Å². The SMILES string of the molecule is CC(C)[Si]1(C(C)C)C2=CC(=O)C=CC2=Nc2ccc(O)c(-c3[se]c(I)c(Br)c3Br)c21. The van der Waals surface area contributed by atoms with E-state index in [4.69, 9.17) is 4.99 Å². The number of carbonyl (C=O) groups is 1. The molecule has 0 atom stereocenters. The number of fused-ring (bicyclic) bond motifs is 2. The van der Waals surface area contributed by atoms with E-state index in [2.05, 4.69) is 82.1 Å². The Morgan fingerprint density at radius 2 is 1.77 bits per heavy atom. The summed E-state index contributed by atoms with van der Waals surface area (Å²) in [4.78, 5) is 17.4. The van der Waals surface area contributed by atoms with Crippen molar-refractivity contribution in [1.82, 2.24) is 0 Å². The van der Waals surface area contributed by atoms with Gasteiger partial charge in [0.05, 0.1) is 0 Å². The summed E-state index contributed by atoms with van der Waals surface area (Å²) < 4.78 is 4.47. The number of carbonyl (C=O) groups excluding carboxylic acids is 1. The summed E-state index contributed by atoms with van der Waals surface area (Å²) in [6.45, 7) is 9.05. The molecule has 0 saturated carbocycles. The Bertz CT molecular complexity index is 1170. The van der Waals surface area contributed by atoms with Crippen molar-refractivity contribution in [1.29, 1.82) is 0 Å². The standard InChI is InChI=1S/C22H20Br2INO2SeSi/c1-10(2)30(11(3)4)16-9-12(27)5-6-13(16)26-14-7-8-15(28)17(21(14)30)20-18(23)19(24)22(25)29-20/h5-11,28H,1-4H3. The first-order valence-corrected chi connectivity index (χ1v) is 16.2. The van der Waals surface area contributed by atoms with E-state index < -0.39 is 8.07 Å². The second kappa shape index (κ2) is 8.26. The van der Waals surface area contributed by atoms with Gasteiger partial charge < -0.3 is 0 Å². The maximum atomic E-state index is 12.4. The summed E-state index contributed by atoms with van der Waals surface area (Å²) in [6, 6.07) is 3.71. The van der Waals surface area contributed by atoms with Crippen LogP contribution in [0.2, 0.25) is 11.1 Å². The summed E-state index contributed by atoms with van der Waals surface area (Å²) in [6.07, 6.45) is 5.29. The number of hydrogen-bond acceptors (Lipinski definition) is 3. The molecule has 2 aromatic rings. The third-order valence-electron chi connectivity index (χ3n) is 6.03. The van der Waals surface area contributed by atoms with Crippen molar-refractivity contribution >= 4 is 99.4 Å². The molecule has 1 N–H and O–H groups in total. The molecular weight excluding hydrogens is 704 g/mol. The monoisotopic (exact) mass is 723 g/mol. The first kappa shape index (κ1) is 22.9. The van der Waals surface area contributed by atoms with Crippen molar-refractivity contribution in [3.05, 3.63) is 46.9 Å². The molecule has 0 bridgehead atoms. The summed E-state index contributed by atoms with van der Waals surface area (Å²) in [5.41, 5.74) is 3.42. The van der Waals surface area contributed by atoms with Crippen molar-refractivity contribution in [3.8, 4) is 15.8 Å². The molecule has 4 rings (SSSR count). The number of nitrogens with zero attached hydrogens (tertiary/aromatic N) is 1. The number of halogens is 3. The fraction of sp³-hybridized carbons (Fsp3) is 0.273. The number of aromatic hydroxyl groups is 1. The summed E-state index contributed by atoms with van der Waals surface area (Å²) >= 11 is 9.93. The van der Waals surface area contributed by atoms with E-state index in [9.17, 15) is 9.90 Å². The van der Waals surface area contributed by atoms with Crippen LogP contribution < -0.4 is 5.19 Å². The third kappa shape index (κ3) is 3.28. The molecule has 8 heteroatoms. The molecule has 0 amide bonds. The van der Waals surface area contributed by atoms with Gasteiger partial charge >= 0.3 is 216 Å². The Balaban J connectivity index is 2.20. The van der Waals surface area contributed by atoms with E-state index in [-0.39, 0.29) is 20.3 Å². The predicted molar refractivity (Wildman–Crippen MR) is 144 cm³/mol. The Kier molecular flexibility index (Phi) is 6.32. The zero-order chi connectivity index (χ0) is 22.0. The van der Waals surface area contributed by atoms with E-state index in [1.54, 1.807) is 12.1 Å². The number of ketones is 1. The Morgan fingerprint density at radius 3 is 2.33 bits per heavy atom. The van der Waals surface area contributed by atoms with E-state index in [1.165, 1.54) is 7.63 Å². The molecule has 1 aliphatic carbocycles. The average Bonchev–Trinajstić information content (AvgIpc) is 2.93. The van der Waals surface area contributed by atoms with Gasteiger partial charge in [-0.3, -0.25) is 0 Å². The zero-order valence-electron chi connectivity index (χ0n) is 16.9. The normalized spacial score (nSPS) is 17.2. The molecule has 1 aliphatic heterocycles. The first-order chi connectivity index (χ1) is 14.1. The van der Waals surface area contributed by atoms with Gasteiger partial charge in [-0.25, -0.2) is 0 Å². The van der Waals surface area contributed by atoms with Crippen LogP contribution in [0.4, 0.5) is 5.69 Å². The first-order valence-electron chi connectivity index (χ1n) is 9.64. The Labute approximate surface area is 213 Å². The van der Waals surface area contributed by atoms with Crippen molar-refractivity contribution < 1.29 is 9.90 Å². The number of phenolic OH excluding ortho intramolecular Hbond substituents is 1. The molecule has 0 spiro atoms. The van der Waals surface area contributed by atoms with Gasteiger partial charge in [0.15, 0.2) is 0 Å². The molecule has 1 aromatic heterocycles. The van der Waals surface area contributed by atoms with Crippen LogP contribution in [0.25, 0.3) is 10.0 Å². The van der Waals surface area contributed by atoms with Crippen molar-refractivity contribution in [2.24, 2.45) is 4.99 Å². The molecule has 30 heavy (non-hydrogen) atoms. The summed E-state index contributed by atoms with van der Waals surface area (Å²) in [5, 5.41) is 13.4. The number of aliphatic imine (C=N–C) groups is 1. The molecule has 2 heterocycles. The zero-order valence-corrected chi connectivity index (χ0v) is 24.9. The van der Waals surface area contributed by atoms with Crippen molar-refractivity contribution in [2.45, 2.75) is 38.8 Å². The second-order valence-electron chi connectivity index (χ2n) is 8.16. The van der Waals surface area contributed by atoms with Gasteiger partial charge in [-0.2, -0.15) is 0 Å². The van der Waals surface area contributed by atoms with Crippen LogP contribution in [-0.2, 0) is 4.79 Å². The third-order valence-corrected chi connectivity index (χ3v) is 20.1. The van der Waals surface area contributed by atoms with Crippen LogP contribution in [0, 0.1) is 2.44 Å². The van der Waals surface area contributed by atoms with Gasteiger partial charge in [-0.05, 0) is 0 Å². The Morgan fingerprint density at radius 1 is 1.10 bits per heavy atom. The van der Waals surface area contributed by atoms with E-state index in [0.717, 1.165) is 35.5 Å². The molecular formula is C22H20Br2INO2SeSi. The molecule has 0 radical (unpaired) electrons. The van der Waals surface area contributed by atoms with Crippen LogP contribution >= 0.6 is 54.5 Å². The number of allylic oxidation sites excluding steroid dienone is 4. The number of phenols is 1. The second-order valence-corrected chi connectivity index (χ2v) is 19.7. The topological polar surface area (TPSA) is 49.7 Å². The van der Waals surface area contributed by atoms with Gasteiger partial charge in [0.2, 0.25) is 0 Å². The summed E-state index contributed by atoms with van der Waals surface area (Å²) in [7, 11) is -2.46. The molecule has 156 valence electrons. The van der Waals surface area contributed by atoms with Crippen LogP contribution in [0.5, 0.6) is 5.75 Å². The fourth-order valence-electron chi connectivity index (χ4n) is 4.92. The average molecular weight is 724 g/mol. The predicted octanol–water partition coefficient (Wildman–Crippen LogP) is 6.41. The number of benzene rings is 1. The van der Waals surface area contributed by atoms with Gasteiger partial charge in [0, 0.05) is 0 Å². The minimum absolute atomic E-state index is 0.0247. The fourth-order valence-corrected chi connectivity index (χ4v) is 16.9. The molecule has 1 aromatic carbocycles. The number of hydrogen-bond donors (Lipinski definition) is 1. The van der Waals surface area contributed by atoms with Crippen LogP contribution in [0.15, 0.2) is 49.5 Å². The molecule has 0 unspecified atom stereocenters. The summed E-state index contributed by atoms with van der Waals surface area (Å²) in [5.74, 6) is 0.320. The maximum absolute atomic E-state index is 12.4. The van der Waals surface area contributed by atoms with E-state index in [1.807, 2.05) is 18.2 Å². The molecule has 3 nitrogen and oxygen atoms in total. The Hall–Kier alpha value is -0.254. The van der Waals surface area contributed by atoms with Crippen LogP contribution in [-0.4, -0.2) is 39.2 Å². The van der Waals surface area contributed by atoms with Crippen molar-refractivity contribution in [3.63, 3.8) is 0 Å². The van der Waals surface area contributed by atoms with Gasteiger partial charge in [0.25, 0.3) is 0 Å². The number of rotatable bonds is 3. The van der Waals surface area contributed by atoms with Gasteiger partial charge in [-0.15, -0.1) is 0 Å². The van der Waals surface area contributed by atoms with Crippen molar-refractivity contribution in [2.75, 3.05) is 0 Å². The minimum atomic E-state index is -2.46. The van der Waals surface area contributed by atoms with E-state index >= 15 is 0 Å². The molecule has 2 aliphatic rings. The van der Waals surface area contributed by atoms with Gasteiger partial charge in [0.1, 0.15) is 0 Å². The van der Waals surface area contributed by atoms with E-state index in [0.29, 0.717) is 16.8 Å². The van der Waals surface area contributed by atoms with Crippen LogP contribution in [0.1, 0.15) is 27.7 Å². The quantitative estimate of drug-likeness (QED) is 0.226. The van der Waals surface area contributed by atoms with Crippen LogP contribution in [0.3, 0.4) is 0 Å². The molecule has 0 saturated heterocycles.